The normalized spacial score (nSPS) is 20.9. The highest BCUT2D eigenvalue weighted by atomic mass is 16.7. The van der Waals surface area contributed by atoms with Gasteiger partial charge < -0.3 is 39.4 Å². The van der Waals surface area contributed by atoms with E-state index >= 15 is 0 Å². The Hall–Kier alpha value is -3.38. The second-order valence-electron chi connectivity index (χ2n) is 14.8. The predicted octanol–water partition coefficient (Wildman–Crippen LogP) is 9.55. The molecular weight excluding hydrogens is 749 g/mol. The Morgan fingerprint density at radius 1 is 0.525 bits per heavy atom. The number of hydrogen-bond donors (Lipinski definition) is 4. The molecule has 0 aromatic heterocycles. The van der Waals surface area contributed by atoms with Gasteiger partial charge >= 0.3 is 11.9 Å². The number of aliphatic hydroxyl groups excluding tert-OH is 4. The molecule has 0 aromatic carbocycles. The highest BCUT2D eigenvalue weighted by Crippen LogP contribution is 2.22. The third kappa shape index (κ3) is 30.3. The zero-order valence-electron chi connectivity index (χ0n) is 36.2. The van der Waals surface area contributed by atoms with Gasteiger partial charge in [-0.25, -0.2) is 0 Å². The van der Waals surface area contributed by atoms with Gasteiger partial charge in [-0.2, -0.15) is 0 Å². The minimum absolute atomic E-state index is 0.138. The monoisotopic (exact) mass is 827 g/mol. The van der Waals surface area contributed by atoms with Gasteiger partial charge in [0.15, 0.2) is 12.4 Å². The molecule has 1 heterocycles. The van der Waals surface area contributed by atoms with Crippen LogP contribution in [0.4, 0.5) is 0 Å². The number of hydrogen-bond acceptors (Lipinski definition) is 10. The molecular formula is C49H78O10. The van der Waals surface area contributed by atoms with E-state index < -0.39 is 55.4 Å². The summed E-state index contributed by atoms with van der Waals surface area (Å²) in [4.78, 5) is 25.3. The predicted molar refractivity (Wildman–Crippen MR) is 237 cm³/mol. The molecule has 0 bridgehead atoms. The molecule has 0 aliphatic carbocycles. The van der Waals surface area contributed by atoms with Gasteiger partial charge in [0.2, 0.25) is 0 Å². The Morgan fingerprint density at radius 2 is 0.966 bits per heavy atom. The maximum absolute atomic E-state index is 12.7. The van der Waals surface area contributed by atoms with Crippen LogP contribution >= 0.6 is 0 Å². The average molecular weight is 827 g/mol. The summed E-state index contributed by atoms with van der Waals surface area (Å²) in [5.74, 6) is -0.959. The third-order valence-corrected chi connectivity index (χ3v) is 9.45. The van der Waals surface area contributed by atoms with Crippen molar-refractivity contribution in [3.8, 4) is 0 Å². The molecule has 1 saturated heterocycles. The second-order valence-corrected chi connectivity index (χ2v) is 14.8. The smallest absolute Gasteiger partial charge is 0.306 e. The number of allylic oxidation sites excluding steroid dienone is 16. The molecule has 1 fully saturated rings. The molecule has 334 valence electrons. The van der Waals surface area contributed by atoms with Crippen molar-refractivity contribution in [3.05, 3.63) is 97.2 Å². The number of aliphatic hydroxyl groups is 4. The molecule has 0 amide bonds. The fourth-order valence-electron chi connectivity index (χ4n) is 5.88. The van der Waals surface area contributed by atoms with E-state index in [1.165, 1.54) is 44.9 Å². The van der Waals surface area contributed by atoms with Crippen LogP contribution in [0.5, 0.6) is 0 Å². The molecule has 6 atom stereocenters. The van der Waals surface area contributed by atoms with E-state index in [2.05, 4.69) is 98.9 Å². The minimum atomic E-state index is -1.62. The first-order valence-electron chi connectivity index (χ1n) is 22.3. The largest absolute Gasteiger partial charge is 0.462 e. The molecule has 0 aromatic rings. The lowest BCUT2D eigenvalue weighted by molar-refractivity contribution is -0.305. The van der Waals surface area contributed by atoms with Crippen molar-refractivity contribution < 1.29 is 49.0 Å². The number of esters is 2. The molecule has 59 heavy (non-hydrogen) atoms. The van der Waals surface area contributed by atoms with E-state index in [0.29, 0.717) is 12.8 Å². The SMILES string of the molecule is CCCCC/C=C/C/C=C/C/C=C/C/C=C/C/C=C/CCC(=O)OC[C@@H](CO[C@H]1O[C@@H](CO)[C@@H](O)C(O)C1O)OC(=O)CCCC/C=C/C/C=C/C/C=C/CCCCC. The summed E-state index contributed by atoms with van der Waals surface area (Å²) in [5.41, 5.74) is 0. The van der Waals surface area contributed by atoms with E-state index in [0.717, 1.165) is 57.8 Å². The summed E-state index contributed by atoms with van der Waals surface area (Å²) in [7, 11) is 0. The van der Waals surface area contributed by atoms with Gasteiger partial charge in [0.25, 0.3) is 0 Å². The van der Waals surface area contributed by atoms with Gasteiger partial charge in [-0.15, -0.1) is 0 Å². The van der Waals surface area contributed by atoms with Gasteiger partial charge in [0, 0.05) is 12.8 Å². The van der Waals surface area contributed by atoms with Gasteiger partial charge in [-0.3, -0.25) is 9.59 Å². The van der Waals surface area contributed by atoms with Crippen molar-refractivity contribution in [1.29, 1.82) is 0 Å². The van der Waals surface area contributed by atoms with Crippen molar-refractivity contribution >= 4 is 11.9 Å². The standard InChI is InChI=1S/C49H78O10/c1-3-5-7-9-11-13-15-17-19-20-21-22-24-25-27-29-31-33-35-37-44(51)56-40-42(41-57-49-48(55)47(54)46(53)43(39-50)59-49)58-45(52)38-36-34-32-30-28-26-23-18-16-14-12-10-8-6-4-2/h11-14,17-19,21-23,25,27-28,30-31,33,42-43,46-50,53-55H,3-10,15-16,20,24,26,29,32,34-41H2,1-2H3/b13-11+,14-12+,19-17+,22-21+,23-18+,27-25+,30-28+,33-31+/t42-,43-,46+,47?,48?,49-/m0/s1. The van der Waals surface area contributed by atoms with Gasteiger partial charge in [0.1, 0.15) is 31.0 Å². The Bertz CT molecular complexity index is 1280. The quantitative estimate of drug-likeness (QED) is 0.0276. The van der Waals surface area contributed by atoms with Crippen LogP contribution in [0.15, 0.2) is 97.2 Å². The molecule has 1 aliphatic rings. The summed E-state index contributed by atoms with van der Waals surface area (Å²) in [6.07, 6.45) is 44.2. The summed E-state index contributed by atoms with van der Waals surface area (Å²) < 4.78 is 22.0. The highest BCUT2D eigenvalue weighted by molar-refractivity contribution is 5.70. The molecule has 0 saturated carbocycles. The molecule has 10 heteroatoms. The number of carbonyl (C=O) groups excluding carboxylic acids is 2. The molecule has 2 unspecified atom stereocenters. The van der Waals surface area contributed by atoms with Gasteiger partial charge in [-0.05, 0) is 89.9 Å². The Labute approximate surface area is 356 Å². The van der Waals surface area contributed by atoms with Crippen LogP contribution < -0.4 is 0 Å². The lowest BCUT2D eigenvalue weighted by atomic mass is 9.99. The number of carbonyl (C=O) groups is 2. The lowest BCUT2D eigenvalue weighted by Gasteiger charge is -2.39. The molecule has 0 radical (unpaired) electrons. The minimum Gasteiger partial charge on any atom is -0.462 e. The lowest BCUT2D eigenvalue weighted by Crippen LogP contribution is -2.59. The third-order valence-electron chi connectivity index (χ3n) is 9.45. The van der Waals surface area contributed by atoms with Gasteiger partial charge in [0.05, 0.1) is 13.2 Å². The maximum atomic E-state index is 12.7. The van der Waals surface area contributed by atoms with E-state index in [-0.39, 0.29) is 26.1 Å². The van der Waals surface area contributed by atoms with Crippen LogP contribution in [0.2, 0.25) is 0 Å². The zero-order valence-corrected chi connectivity index (χ0v) is 36.2. The zero-order chi connectivity index (χ0) is 43.0. The van der Waals surface area contributed by atoms with E-state index in [9.17, 15) is 30.0 Å². The molecule has 0 spiro atoms. The van der Waals surface area contributed by atoms with Crippen LogP contribution in [0, 0.1) is 0 Å². The van der Waals surface area contributed by atoms with Crippen LogP contribution in [0.3, 0.4) is 0 Å². The summed E-state index contributed by atoms with van der Waals surface area (Å²) in [6.45, 7) is 3.23. The Balaban J connectivity index is 2.43. The topological polar surface area (TPSA) is 152 Å². The van der Waals surface area contributed by atoms with E-state index in [1.54, 1.807) is 0 Å². The number of ether oxygens (including phenoxy) is 4. The molecule has 1 aliphatic heterocycles. The molecule has 10 nitrogen and oxygen atoms in total. The molecule has 4 N–H and O–H groups in total. The van der Waals surface area contributed by atoms with E-state index in [1.807, 2.05) is 12.2 Å². The van der Waals surface area contributed by atoms with Crippen LogP contribution in [-0.4, -0.2) is 89.0 Å². The van der Waals surface area contributed by atoms with Crippen molar-refractivity contribution in [3.63, 3.8) is 0 Å². The van der Waals surface area contributed by atoms with Crippen LogP contribution in [-0.2, 0) is 28.5 Å². The number of rotatable bonds is 35. The highest BCUT2D eigenvalue weighted by Gasteiger charge is 2.44. The fourth-order valence-corrected chi connectivity index (χ4v) is 5.88. The van der Waals surface area contributed by atoms with Crippen molar-refractivity contribution in [2.75, 3.05) is 19.8 Å². The van der Waals surface area contributed by atoms with Crippen molar-refractivity contribution in [1.82, 2.24) is 0 Å². The Morgan fingerprint density at radius 3 is 1.42 bits per heavy atom. The Kier molecular flexibility index (Phi) is 35.3. The second kappa shape index (κ2) is 38.8. The van der Waals surface area contributed by atoms with Gasteiger partial charge in [-0.1, -0.05) is 137 Å². The van der Waals surface area contributed by atoms with Crippen molar-refractivity contribution in [2.24, 2.45) is 0 Å². The first kappa shape index (κ1) is 53.6. The van der Waals surface area contributed by atoms with E-state index in [4.69, 9.17) is 18.9 Å². The summed E-state index contributed by atoms with van der Waals surface area (Å²) in [5, 5.41) is 40.0. The fraction of sp³-hybridized carbons (Fsp3) is 0.633. The van der Waals surface area contributed by atoms with Crippen molar-refractivity contribution in [2.45, 2.75) is 179 Å². The summed E-state index contributed by atoms with van der Waals surface area (Å²) >= 11 is 0. The molecule has 1 rings (SSSR count). The first-order valence-corrected chi connectivity index (χ1v) is 22.3. The van der Waals surface area contributed by atoms with Crippen LogP contribution in [0.25, 0.3) is 0 Å². The number of unbranched alkanes of at least 4 members (excludes halogenated alkanes) is 8. The average Bonchev–Trinajstić information content (AvgIpc) is 3.23. The first-order chi connectivity index (χ1) is 28.8. The van der Waals surface area contributed by atoms with Crippen LogP contribution in [0.1, 0.15) is 142 Å². The maximum Gasteiger partial charge on any atom is 0.306 e. The summed E-state index contributed by atoms with van der Waals surface area (Å²) in [6, 6.07) is 0.